The van der Waals surface area contributed by atoms with E-state index >= 15 is 0 Å². The van der Waals surface area contributed by atoms with Crippen LogP contribution < -0.4 is 10.6 Å². The number of carbonyl (C=O) groups is 2. The number of hydrogen-bond acceptors (Lipinski definition) is 2. The number of hydrogen-bond donors (Lipinski definition) is 2. The second-order valence-corrected chi connectivity index (χ2v) is 4.38. The summed E-state index contributed by atoms with van der Waals surface area (Å²) in [6.45, 7) is 0. The molecule has 0 aliphatic carbocycles. The molecule has 1 aliphatic rings. The molecule has 1 aromatic carbocycles. The van der Waals surface area contributed by atoms with Gasteiger partial charge in [0.05, 0.1) is 0 Å². The highest BCUT2D eigenvalue weighted by molar-refractivity contribution is 9.10. The molecule has 0 spiro atoms. The second kappa shape index (κ2) is 3.83. The number of amides is 3. The summed E-state index contributed by atoms with van der Waals surface area (Å²) in [5.41, 5.74) is 0.578. The van der Waals surface area contributed by atoms with Crippen LogP contribution in [-0.2, 0) is 4.79 Å². The Morgan fingerprint density at radius 1 is 1.33 bits per heavy atom. The molecule has 1 fully saturated rings. The third-order valence-electron chi connectivity index (χ3n) is 2.04. The van der Waals surface area contributed by atoms with Crippen molar-refractivity contribution in [2.24, 2.45) is 0 Å². The first-order chi connectivity index (χ1) is 7.08. The Morgan fingerprint density at radius 3 is 2.67 bits per heavy atom. The van der Waals surface area contributed by atoms with Crippen molar-refractivity contribution in [3.05, 3.63) is 33.3 Å². The second-order valence-electron chi connectivity index (χ2n) is 3.06. The van der Waals surface area contributed by atoms with Gasteiger partial charge in [-0.1, -0.05) is 27.5 Å². The summed E-state index contributed by atoms with van der Waals surface area (Å²) < 4.78 is 0.802. The van der Waals surface area contributed by atoms with Crippen LogP contribution in [0, 0.1) is 0 Å². The minimum absolute atomic E-state index is 0.389. The molecular weight excluding hydrogens is 283 g/mol. The molecule has 1 unspecified atom stereocenters. The van der Waals surface area contributed by atoms with Gasteiger partial charge in [-0.2, -0.15) is 0 Å². The van der Waals surface area contributed by atoms with Crippen LogP contribution >= 0.6 is 27.5 Å². The van der Waals surface area contributed by atoms with E-state index in [9.17, 15) is 9.59 Å². The lowest BCUT2D eigenvalue weighted by Gasteiger charge is -2.09. The van der Waals surface area contributed by atoms with Gasteiger partial charge in [0, 0.05) is 15.1 Å². The first kappa shape index (κ1) is 10.4. The molecule has 0 bridgehead atoms. The van der Waals surface area contributed by atoms with Gasteiger partial charge in [-0.05, 0) is 18.2 Å². The number of benzene rings is 1. The van der Waals surface area contributed by atoms with Crippen molar-refractivity contribution in [2.75, 3.05) is 0 Å². The maximum atomic E-state index is 11.4. The number of nitrogens with one attached hydrogen (secondary N) is 2. The van der Waals surface area contributed by atoms with Crippen molar-refractivity contribution in [1.29, 1.82) is 0 Å². The monoisotopic (exact) mass is 288 g/mol. The molecule has 6 heteroatoms. The Hall–Kier alpha value is -1.07. The zero-order valence-electron chi connectivity index (χ0n) is 7.38. The third kappa shape index (κ3) is 1.98. The van der Waals surface area contributed by atoms with E-state index in [1.54, 1.807) is 18.2 Å². The molecular formula is C9H6BrClN2O2. The number of halogens is 2. The van der Waals surface area contributed by atoms with Crippen LogP contribution in [0.15, 0.2) is 22.7 Å². The summed E-state index contributed by atoms with van der Waals surface area (Å²) in [6, 6.07) is 3.93. The summed E-state index contributed by atoms with van der Waals surface area (Å²) in [6.07, 6.45) is 0. The van der Waals surface area contributed by atoms with E-state index in [2.05, 4.69) is 26.6 Å². The fourth-order valence-corrected chi connectivity index (χ4v) is 1.98. The van der Waals surface area contributed by atoms with Crippen LogP contribution in [0.3, 0.4) is 0 Å². The molecule has 0 saturated carbocycles. The molecule has 1 aromatic rings. The van der Waals surface area contributed by atoms with E-state index in [4.69, 9.17) is 11.6 Å². The Kier molecular flexibility index (Phi) is 2.67. The predicted molar refractivity (Wildman–Crippen MR) is 58.6 cm³/mol. The van der Waals surface area contributed by atoms with Gasteiger partial charge in [-0.3, -0.25) is 10.1 Å². The van der Waals surface area contributed by atoms with Crippen LogP contribution in [0.25, 0.3) is 0 Å². The van der Waals surface area contributed by atoms with Crippen LogP contribution in [0.4, 0.5) is 4.79 Å². The summed E-state index contributed by atoms with van der Waals surface area (Å²) >= 11 is 9.21. The summed E-state index contributed by atoms with van der Waals surface area (Å²) in [7, 11) is 0. The average molecular weight is 290 g/mol. The normalized spacial score (nSPS) is 20.0. The molecule has 2 N–H and O–H groups in total. The maximum Gasteiger partial charge on any atom is 0.322 e. The van der Waals surface area contributed by atoms with Gasteiger partial charge in [-0.15, -0.1) is 0 Å². The minimum Gasteiger partial charge on any atom is -0.322 e. The molecule has 0 aromatic heterocycles. The van der Waals surface area contributed by atoms with Gasteiger partial charge in [-0.25, -0.2) is 4.79 Å². The highest BCUT2D eigenvalue weighted by atomic mass is 79.9. The van der Waals surface area contributed by atoms with Crippen molar-refractivity contribution < 1.29 is 9.59 Å². The molecule has 78 valence electrons. The summed E-state index contributed by atoms with van der Waals surface area (Å²) in [5.74, 6) is -0.389. The van der Waals surface area contributed by atoms with Crippen LogP contribution in [0.2, 0.25) is 5.02 Å². The van der Waals surface area contributed by atoms with Crippen LogP contribution in [0.5, 0.6) is 0 Å². The highest BCUT2D eigenvalue weighted by Gasteiger charge is 2.32. The lowest BCUT2D eigenvalue weighted by molar-refractivity contribution is -0.120. The van der Waals surface area contributed by atoms with Crippen molar-refractivity contribution in [3.63, 3.8) is 0 Å². The quantitative estimate of drug-likeness (QED) is 0.777. The van der Waals surface area contributed by atoms with E-state index in [0.717, 1.165) is 4.47 Å². The zero-order valence-corrected chi connectivity index (χ0v) is 9.72. The largest absolute Gasteiger partial charge is 0.322 e. The molecule has 1 heterocycles. The smallest absolute Gasteiger partial charge is 0.322 e. The van der Waals surface area contributed by atoms with Gasteiger partial charge in [0.25, 0.3) is 5.91 Å². The topological polar surface area (TPSA) is 58.2 Å². The third-order valence-corrected chi connectivity index (χ3v) is 2.88. The van der Waals surface area contributed by atoms with E-state index in [1.165, 1.54) is 0 Å². The van der Waals surface area contributed by atoms with E-state index in [0.29, 0.717) is 10.6 Å². The minimum atomic E-state index is -0.706. The van der Waals surface area contributed by atoms with Crippen molar-refractivity contribution in [3.8, 4) is 0 Å². The predicted octanol–water partition coefficient (Wildman–Crippen LogP) is 1.98. The first-order valence-electron chi connectivity index (χ1n) is 4.14. The van der Waals surface area contributed by atoms with Crippen molar-refractivity contribution >= 4 is 39.5 Å². The lowest BCUT2D eigenvalue weighted by atomic mass is 10.1. The summed E-state index contributed by atoms with van der Waals surface area (Å²) in [5, 5.41) is 5.08. The summed E-state index contributed by atoms with van der Waals surface area (Å²) in [4.78, 5) is 22.3. The number of carbonyl (C=O) groups excluding carboxylic acids is 2. The fourth-order valence-electron chi connectivity index (χ4n) is 1.37. The molecule has 2 rings (SSSR count). The number of urea groups is 1. The van der Waals surface area contributed by atoms with Gasteiger partial charge in [0.15, 0.2) is 0 Å². The molecule has 4 nitrogen and oxygen atoms in total. The Labute approximate surface area is 99.1 Å². The zero-order chi connectivity index (χ0) is 11.0. The Bertz CT molecular complexity index is 450. The molecule has 1 saturated heterocycles. The van der Waals surface area contributed by atoms with Gasteiger partial charge in [0.1, 0.15) is 6.04 Å². The Morgan fingerprint density at radius 2 is 2.07 bits per heavy atom. The standard InChI is InChI=1S/C9H6BrClN2O2/c10-4-1-2-6(11)5(3-4)7-8(14)13-9(15)12-7/h1-3,7H,(H2,12,13,14,15). The number of imide groups is 1. The van der Waals surface area contributed by atoms with Crippen molar-refractivity contribution in [2.45, 2.75) is 6.04 Å². The SMILES string of the molecule is O=C1NC(=O)C(c2cc(Br)ccc2Cl)N1. The lowest BCUT2D eigenvalue weighted by Crippen LogP contribution is -2.22. The van der Waals surface area contributed by atoms with E-state index in [-0.39, 0.29) is 5.91 Å². The Balaban J connectivity index is 2.41. The first-order valence-corrected chi connectivity index (χ1v) is 5.31. The van der Waals surface area contributed by atoms with E-state index < -0.39 is 12.1 Å². The highest BCUT2D eigenvalue weighted by Crippen LogP contribution is 2.28. The van der Waals surface area contributed by atoms with Crippen LogP contribution in [0.1, 0.15) is 11.6 Å². The molecule has 0 radical (unpaired) electrons. The van der Waals surface area contributed by atoms with Gasteiger partial charge < -0.3 is 5.32 Å². The molecule has 1 atom stereocenters. The van der Waals surface area contributed by atoms with Crippen molar-refractivity contribution in [1.82, 2.24) is 10.6 Å². The van der Waals surface area contributed by atoms with Gasteiger partial charge in [0.2, 0.25) is 0 Å². The molecule has 1 aliphatic heterocycles. The fraction of sp³-hybridized carbons (Fsp3) is 0.111. The van der Waals surface area contributed by atoms with Gasteiger partial charge >= 0.3 is 6.03 Å². The average Bonchev–Trinajstić information content (AvgIpc) is 2.50. The maximum absolute atomic E-state index is 11.4. The van der Waals surface area contributed by atoms with E-state index in [1.807, 2.05) is 0 Å². The van der Waals surface area contributed by atoms with Crippen LogP contribution in [-0.4, -0.2) is 11.9 Å². The molecule has 3 amide bonds. The number of rotatable bonds is 1. The molecule has 15 heavy (non-hydrogen) atoms.